The van der Waals surface area contributed by atoms with Crippen LogP contribution in [0.1, 0.15) is 12.5 Å². The largest absolute Gasteiger partial charge is 0.504 e. The second-order valence-corrected chi connectivity index (χ2v) is 3.57. The highest BCUT2D eigenvalue weighted by molar-refractivity contribution is 5.75. The highest BCUT2D eigenvalue weighted by Gasteiger charge is 2.15. The van der Waals surface area contributed by atoms with Crippen LogP contribution in [0.2, 0.25) is 0 Å². The van der Waals surface area contributed by atoms with Crippen molar-refractivity contribution < 1.29 is 19.4 Å². The van der Waals surface area contributed by atoms with Gasteiger partial charge in [0.05, 0.1) is 13.7 Å². The van der Waals surface area contributed by atoms with Gasteiger partial charge >= 0.3 is 5.97 Å². The fourth-order valence-corrected chi connectivity index (χ4v) is 1.44. The minimum atomic E-state index is -0.704. The van der Waals surface area contributed by atoms with E-state index in [0.29, 0.717) is 18.8 Å². The molecule has 0 bridgehead atoms. The molecule has 0 unspecified atom stereocenters. The number of hydrogen-bond donors (Lipinski definition) is 2. The number of ether oxygens (including phenoxy) is 2. The maximum atomic E-state index is 11.3. The molecule has 5 heteroatoms. The molecule has 0 heterocycles. The fourth-order valence-electron chi connectivity index (χ4n) is 1.44. The summed E-state index contributed by atoms with van der Waals surface area (Å²) in [5.74, 6) is -0.0148. The van der Waals surface area contributed by atoms with E-state index in [1.807, 2.05) is 0 Å². The summed E-state index contributed by atoms with van der Waals surface area (Å²) in [5.41, 5.74) is 6.49. The Morgan fingerprint density at radius 2 is 2.24 bits per heavy atom. The highest BCUT2D eigenvalue weighted by Crippen LogP contribution is 2.26. The number of rotatable bonds is 5. The number of methoxy groups -OCH3 is 1. The Bertz CT molecular complexity index is 392. The van der Waals surface area contributed by atoms with Crippen LogP contribution in [0.25, 0.3) is 0 Å². The molecule has 1 aromatic rings. The third kappa shape index (κ3) is 3.64. The number of phenols is 1. The van der Waals surface area contributed by atoms with E-state index in [0.717, 1.165) is 5.56 Å². The predicted molar refractivity (Wildman–Crippen MR) is 63.0 cm³/mol. The molecule has 1 aromatic carbocycles. The maximum absolute atomic E-state index is 11.3. The second kappa shape index (κ2) is 6.10. The van der Waals surface area contributed by atoms with Crippen LogP contribution in [-0.2, 0) is 16.0 Å². The molecular formula is C12H17NO4. The van der Waals surface area contributed by atoms with E-state index >= 15 is 0 Å². The zero-order valence-corrected chi connectivity index (χ0v) is 9.97. The van der Waals surface area contributed by atoms with Crippen molar-refractivity contribution >= 4 is 5.97 Å². The van der Waals surface area contributed by atoms with Crippen LogP contribution in [0.5, 0.6) is 11.5 Å². The lowest BCUT2D eigenvalue weighted by molar-refractivity contribution is -0.144. The standard InChI is InChI=1S/C12H17NO4/c1-3-17-12(15)9(13)6-8-4-5-10(14)11(7-8)16-2/h4-5,7,9,14H,3,6,13H2,1-2H3/t9-/m0/s1. The molecule has 1 atom stereocenters. The summed E-state index contributed by atoms with van der Waals surface area (Å²) in [4.78, 5) is 11.3. The molecule has 0 aliphatic carbocycles. The monoisotopic (exact) mass is 239 g/mol. The maximum Gasteiger partial charge on any atom is 0.323 e. The van der Waals surface area contributed by atoms with E-state index in [4.69, 9.17) is 15.2 Å². The lowest BCUT2D eigenvalue weighted by Gasteiger charge is -2.11. The quantitative estimate of drug-likeness (QED) is 0.744. The van der Waals surface area contributed by atoms with E-state index in [-0.39, 0.29) is 5.75 Å². The van der Waals surface area contributed by atoms with Crippen LogP contribution in [0.15, 0.2) is 18.2 Å². The number of carbonyl (C=O) groups excluding carboxylic acids is 1. The summed E-state index contributed by atoms with van der Waals surface area (Å²) in [5, 5.41) is 9.41. The van der Waals surface area contributed by atoms with Gasteiger partial charge < -0.3 is 20.3 Å². The molecule has 17 heavy (non-hydrogen) atoms. The van der Waals surface area contributed by atoms with Crippen molar-refractivity contribution in [1.82, 2.24) is 0 Å². The molecule has 0 aliphatic heterocycles. The van der Waals surface area contributed by atoms with Crippen LogP contribution in [0.3, 0.4) is 0 Å². The zero-order chi connectivity index (χ0) is 12.8. The van der Waals surface area contributed by atoms with E-state index in [9.17, 15) is 9.90 Å². The number of hydrogen-bond acceptors (Lipinski definition) is 5. The van der Waals surface area contributed by atoms with E-state index in [1.165, 1.54) is 13.2 Å². The van der Waals surface area contributed by atoms with Crippen molar-refractivity contribution in [2.75, 3.05) is 13.7 Å². The molecule has 0 radical (unpaired) electrons. The van der Waals surface area contributed by atoms with E-state index < -0.39 is 12.0 Å². The molecule has 0 fully saturated rings. The second-order valence-electron chi connectivity index (χ2n) is 3.57. The van der Waals surface area contributed by atoms with Gasteiger partial charge in [0, 0.05) is 0 Å². The van der Waals surface area contributed by atoms with Crippen LogP contribution >= 0.6 is 0 Å². The van der Waals surface area contributed by atoms with Crippen LogP contribution < -0.4 is 10.5 Å². The molecule has 0 saturated heterocycles. The van der Waals surface area contributed by atoms with Gasteiger partial charge in [-0.1, -0.05) is 6.07 Å². The molecule has 0 aromatic heterocycles. The summed E-state index contributed by atoms with van der Waals surface area (Å²) < 4.78 is 9.78. The van der Waals surface area contributed by atoms with E-state index in [2.05, 4.69) is 0 Å². The minimum absolute atomic E-state index is 0.0564. The van der Waals surface area contributed by atoms with Crippen molar-refractivity contribution in [1.29, 1.82) is 0 Å². The molecule has 5 nitrogen and oxygen atoms in total. The van der Waals surface area contributed by atoms with Gasteiger partial charge in [-0.3, -0.25) is 4.79 Å². The van der Waals surface area contributed by atoms with Gasteiger partial charge in [0.25, 0.3) is 0 Å². The van der Waals surface area contributed by atoms with Gasteiger partial charge in [0.1, 0.15) is 6.04 Å². The SMILES string of the molecule is CCOC(=O)[C@@H](N)Cc1ccc(O)c(OC)c1. The predicted octanol–water partition coefficient (Wildman–Crippen LogP) is 0.834. The molecular weight excluding hydrogens is 222 g/mol. The Kier molecular flexibility index (Phi) is 4.78. The van der Waals surface area contributed by atoms with Gasteiger partial charge in [-0.2, -0.15) is 0 Å². The molecule has 0 spiro atoms. The lowest BCUT2D eigenvalue weighted by atomic mass is 10.1. The summed E-state index contributed by atoms with van der Waals surface area (Å²) in [6.07, 6.45) is 0.343. The Morgan fingerprint density at radius 1 is 1.53 bits per heavy atom. The van der Waals surface area contributed by atoms with Gasteiger partial charge in [-0.05, 0) is 31.0 Å². The van der Waals surface area contributed by atoms with Gasteiger partial charge in [-0.15, -0.1) is 0 Å². The number of phenolic OH excluding ortho intramolecular Hbond substituents is 1. The highest BCUT2D eigenvalue weighted by atomic mass is 16.5. The number of aromatic hydroxyl groups is 1. The molecule has 0 saturated carbocycles. The summed E-state index contributed by atoms with van der Waals surface area (Å²) in [6, 6.07) is 4.14. The Balaban J connectivity index is 2.71. The first-order valence-electron chi connectivity index (χ1n) is 5.36. The molecule has 3 N–H and O–H groups in total. The van der Waals surface area contributed by atoms with Gasteiger partial charge in [-0.25, -0.2) is 0 Å². The topological polar surface area (TPSA) is 81.8 Å². The molecule has 0 aliphatic rings. The summed E-state index contributed by atoms with van der Waals surface area (Å²) in [6.45, 7) is 2.04. The number of benzene rings is 1. The van der Waals surface area contributed by atoms with Gasteiger partial charge in [0.2, 0.25) is 0 Å². The Morgan fingerprint density at radius 3 is 2.82 bits per heavy atom. The first-order valence-corrected chi connectivity index (χ1v) is 5.36. The Hall–Kier alpha value is -1.75. The van der Waals surface area contributed by atoms with Crippen molar-refractivity contribution in [3.8, 4) is 11.5 Å². The third-order valence-corrected chi connectivity index (χ3v) is 2.29. The van der Waals surface area contributed by atoms with Crippen molar-refractivity contribution in [2.45, 2.75) is 19.4 Å². The fraction of sp³-hybridized carbons (Fsp3) is 0.417. The smallest absolute Gasteiger partial charge is 0.323 e. The van der Waals surface area contributed by atoms with Crippen molar-refractivity contribution in [2.24, 2.45) is 5.73 Å². The normalized spacial score (nSPS) is 11.9. The van der Waals surface area contributed by atoms with Gasteiger partial charge in [0.15, 0.2) is 11.5 Å². The summed E-state index contributed by atoms with van der Waals surface area (Å²) >= 11 is 0. The zero-order valence-electron chi connectivity index (χ0n) is 9.97. The lowest BCUT2D eigenvalue weighted by Crippen LogP contribution is -2.34. The average Bonchev–Trinajstić information content (AvgIpc) is 2.31. The molecule has 1 rings (SSSR count). The number of esters is 1. The van der Waals surface area contributed by atoms with Crippen LogP contribution in [-0.4, -0.2) is 30.8 Å². The molecule has 94 valence electrons. The first-order chi connectivity index (χ1) is 8.08. The third-order valence-electron chi connectivity index (χ3n) is 2.29. The minimum Gasteiger partial charge on any atom is -0.504 e. The average molecular weight is 239 g/mol. The summed E-state index contributed by atoms with van der Waals surface area (Å²) in [7, 11) is 1.46. The van der Waals surface area contributed by atoms with Crippen molar-refractivity contribution in [3.05, 3.63) is 23.8 Å². The van der Waals surface area contributed by atoms with E-state index in [1.54, 1.807) is 19.1 Å². The number of nitrogens with two attached hydrogens (primary N) is 1. The Labute approximate surface area is 100 Å². The van der Waals surface area contributed by atoms with Crippen molar-refractivity contribution in [3.63, 3.8) is 0 Å². The first kappa shape index (κ1) is 13.3. The number of carbonyl (C=O) groups is 1. The van der Waals surface area contributed by atoms with Crippen LogP contribution in [0, 0.1) is 0 Å². The van der Waals surface area contributed by atoms with Crippen LogP contribution in [0.4, 0.5) is 0 Å². The molecule has 0 amide bonds.